The molecule has 0 saturated carbocycles. The molecule has 0 unspecified atom stereocenters. The van der Waals surface area contributed by atoms with Crippen LogP contribution in [0.3, 0.4) is 0 Å². The van der Waals surface area contributed by atoms with Gasteiger partial charge in [0, 0.05) is 30.0 Å². The quantitative estimate of drug-likeness (QED) is 0.680. The predicted octanol–water partition coefficient (Wildman–Crippen LogP) is 3.26. The summed E-state index contributed by atoms with van der Waals surface area (Å²) in [5, 5.41) is 0. The Bertz CT molecular complexity index is 911. The van der Waals surface area contributed by atoms with Gasteiger partial charge in [-0.25, -0.2) is 4.57 Å². The first-order valence-electron chi connectivity index (χ1n) is 7.80. The fraction of sp³-hybridized carbons (Fsp3) is 0.150. The maximum absolute atomic E-state index is 4.71. The molecule has 4 rings (SSSR count). The highest BCUT2D eigenvalue weighted by Gasteiger charge is 2.28. The van der Waals surface area contributed by atoms with E-state index in [1.54, 1.807) is 0 Å². The summed E-state index contributed by atoms with van der Waals surface area (Å²) in [6, 6.07) is 12.6. The summed E-state index contributed by atoms with van der Waals surface area (Å²) in [6.07, 6.45) is 8.77. The summed E-state index contributed by atoms with van der Waals surface area (Å²) in [5.74, 6) is 0. The van der Waals surface area contributed by atoms with Crippen LogP contribution in [0.2, 0.25) is 0 Å². The number of nitrogens with zero attached hydrogens (tertiary/aromatic N) is 3. The van der Waals surface area contributed by atoms with E-state index in [9.17, 15) is 0 Å². The normalized spacial score (nSPS) is 12.9. The van der Waals surface area contributed by atoms with Gasteiger partial charge in [-0.2, -0.15) is 0 Å². The molecule has 0 atom stereocenters. The van der Waals surface area contributed by atoms with E-state index in [0.717, 1.165) is 12.1 Å². The van der Waals surface area contributed by atoms with Crippen molar-refractivity contribution in [1.82, 2.24) is 9.97 Å². The third kappa shape index (κ3) is 2.25. The van der Waals surface area contributed by atoms with Crippen molar-refractivity contribution in [3.05, 3.63) is 83.6 Å². The Balaban J connectivity index is 1.90. The summed E-state index contributed by atoms with van der Waals surface area (Å²) < 4.78 is 2.13. The zero-order valence-electron chi connectivity index (χ0n) is 13.3. The fourth-order valence-corrected chi connectivity index (χ4v) is 3.31. The lowest BCUT2D eigenvalue weighted by Crippen LogP contribution is -2.33. The number of fused-ring (bicyclic) bond motifs is 1. The maximum Gasteiger partial charge on any atom is 0.287 e. The second-order valence-corrected chi connectivity index (χ2v) is 5.90. The van der Waals surface area contributed by atoms with Crippen LogP contribution in [0.15, 0.2) is 61.2 Å². The Morgan fingerprint density at radius 3 is 2.61 bits per heavy atom. The lowest BCUT2D eigenvalue weighted by atomic mass is 9.98. The lowest BCUT2D eigenvalue weighted by Gasteiger charge is -2.10. The molecule has 0 radical (unpaired) electrons. The third-order valence-electron chi connectivity index (χ3n) is 4.44. The van der Waals surface area contributed by atoms with E-state index >= 15 is 0 Å². The maximum atomic E-state index is 4.71. The minimum absolute atomic E-state index is 0.915. The van der Waals surface area contributed by atoms with E-state index in [1.807, 2.05) is 30.9 Å². The molecule has 3 heteroatoms. The molecule has 2 aromatic heterocycles. The van der Waals surface area contributed by atoms with Crippen LogP contribution in [-0.4, -0.2) is 9.97 Å². The highest BCUT2D eigenvalue weighted by atomic mass is 15.0. The van der Waals surface area contributed by atoms with E-state index in [-0.39, 0.29) is 0 Å². The lowest BCUT2D eigenvalue weighted by molar-refractivity contribution is -0.663. The molecule has 0 saturated heterocycles. The molecule has 0 aliphatic heterocycles. The molecule has 0 amide bonds. The first-order valence-corrected chi connectivity index (χ1v) is 7.80. The van der Waals surface area contributed by atoms with Gasteiger partial charge in [-0.1, -0.05) is 30.3 Å². The van der Waals surface area contributed by atoms with Gasteiger partial charge >= 0.3 is 0 Å². The van der Waals surface area contributed by atoms with Crippen LogP contribution >= 0.6 is 0 Å². The van der Waals surface area contributed by atoms with Crippen LogP contribution in [0.5, 0.6) is 0 Å². The molecule has 1 aromatic carbocycles. The smallest absolute Gasteiger partial charge is 0.265 e. The number of aromatic nitrogens is 3. The molecule has 1 aliphatic carbocycles. The van der Waals surface area contributed by atoms with Crippen molar-refractivity contribution in [2.75, 3.05) is 0 Å². The van der Waals surface area contributed by atoms with Gasteiger partial charge in [0.1, 0.15) is 5.69 Å². The van der Waals surface area contributed by atoms with E-state index in [1.165, 1.54) is 33.5 Å². The van der Waals surface area contributed by atoms with Crippen LogP contribution in [0.1, 0.15) is 22.4 Å². The Kier molecular flexibility index (Phi) is 3.27. The molecule has 1 aliphatic rings. The Hall–Kier alpha value is -2.81. The van der Waals surface area contributed by atoms with Crippen LogP contribution in [0.25, 0.3) is 16.8 Å². The highest BCUT2D eigenvalue weighted by Crippen LogP contribution is 2.35. The molecule has 112 valence electrons. The first kappa shape index (κ1) is 13.8. The van der Waals surface area contributed by atoms with Gasteiger partial charge < -0.3 is 0 Å². The SMILES string of the molecule is Cc1ccccc1-c1c2c(nc[n+]1C)C(c1ccncc1)=CC2. The van der Waals surface area contributed by atoms with Gasteiger partial charge in [0.15, 0.2) is 5.69 Å². The van der Waals surface area contributed by atoms with Gasteiger partial charge in [-0.3, -0.25) is 4.98 Å². The number of rotatable bonds is 2. The molecule has 2 heterocycles. The van der Waals surface area contributed by atoms with Crippen molar-refractivity contribution in [3.63, 3.8) is 0 Å². The summed E-state index contributed by atoms with van der Waals surface area (Å²) in [4.78, 5) is 8.82. The Labute approximate surface area is 136 Å². The topological polar surface area (TPSA) is 29.7 Å². The van der Waals surface area contributed by atoms with Crippen molar-refractivity contribution in [3.8, 4) is 11.3 Å². The zero-order chi connectivity index (χ0) is 15.8. The first-order chi connectivity index (χ1) is 11.3. The summed E-state index contributed by atoms with van der Waals surface area (Å²) >= 11 is 0. The number of hydrogen-bond acceptors (Lipinski definition) is 2. The average molecular weight is 300 g/mol. The number of benzene rings is 1. The largest absolute Gasteiger partial charge is 0.287 e. The Morgan fingerprint density at radius 1 is 1.04 bits per heavy atom. The molecular weight excluding hydrogens is 282 g/mol. The third-order valence-corrected chi connectivity index (χ3v) is 4.44. The van der Waals surface area contributed by atoms with Crippen molar-refractivity contribution in [2.45, 2.75) is 13.3 Å². The van der Waals surface area contributed by atoms with Crippen molar-refractivity contribution >= 4 is 5.57 Å². The van der Waals surface area contributed by atoms with E-state index in [2.05, 4.69) is 53.9 Å². The molecule has 23 heavy (non-hydrogen) atoms. The van der Waals surface area contributed by atoms with E-state index in [4.69, 9.17) is 4.98 Å². The van der Waals surface area contributed by atoms with E-state index in [0.29, 0.717) is 0 Å². The number of aryl methyl sites for hydroxylation is 2. The minimum atomic E-state index is 0.915. The standard InChI is InChI=1S/C20H18N3/c1-14-5-3-4-6-16(14)20-18-8-7-17(15-9-11-21-12-10-15)19(18)22-13-23(20)2/h3-7,9-13H,8H2,1-2H3/q+1. The molecule has 0 spiro atoms. The fourth-order valence-electron chi connectivity index (χ4n) is 3.31. The number of allylic oxidation sites excluding steroid dienone is 1. The highest BCUT2D eigenvalue weighted by molar-refractivity contribution is 5.85. The average Bonchev–Trinajstić information content (AvgIpc) is 3.00. The molecule has 0 fully saturated rings. The Morgan fingerprint density at radius 2 is 1.83 bits per heavy atom. The molecular formula is C20H18N3+. The van der Waals surface area contributed by atoms with Gasteiger partial charge in [0.05, 0.1) is 12.6 Å². The van der Waals surface area contributed by atoms with Gasteiger partial charge in [-0.05, 0) is 35.2 Å². The van der Waals surface area contributed by atoms with Crippen LogP contribution in [-0.2, 0) is 13.5 Å². The molecule has 3 nitrogen and oxygen atoms in total. The van der Waals surface area contributed by atoms with Gasteiger partial charge in [-0.15, -0.1) is 0 Å². The predicted molar refractivity (Wildman–Crippen MR) is 90.6 cm³/mol. The molecule has 3 aromatic rings. The number of pyridine rings is 1. The second kappa shape index (κ2) is 5.43. The van der Waals surface area contributed by atoms with Crippen molar-refractivity contribution in [2.24, 2.45) is 7.05 Å². The summed E-state index contributed by atoms with van der Waals surface area (Å²) in [5.41, 5.74) is 8.60. The summed E-state index contributed by atoms with van der Waals surface area (Å²) in [6.45, 7) is 2.16. The van der Waals surface area contributed by atoms with Crippen molar-refractivity contribution in [1.29, 1.82) is 0 Å². The monoisotopic (exact) mass is 300 g/mol. The van der Waals surface area contributed by atoms with Crippen LogP contribution in [0, 0.1) is 6.92 Å². The van der Waals surface area contributed by atoms with E-state index < -0.39 is 0 Å². The van der Waals surface area contributed by atoms with Crippen LogP contribution < -0.4 is 4.57 Å². The van der Waals surface area contributed by atoms with Crippen LogP contribution in [0.4, 0.5) is 0 Å². The summed E-state index contributed by atoms with van der Waals surface area (Å²) in [7, 11) is 2.07. The second-order valence-electron chi connectivity index (χ2n) is 5.90. The molecule has 0 N–H and O–H groups in total. The van der Waals surface area contributed by atoms with Gasteiger partial charge in [0.2, 0.25) is 0 Å². The zero-order valence-corrected chi connectivity index (χ0v) is 13.3. The van der Waals surface area contributed by atoms with Gasteiger partial charge in [0.25, 0.3) is 6.33 Å². The molecule has 0 bridgehead atoms. The minimum Gasteiger partial charge on any atom is -0.265 e. The number of hydrogen-bond donors (Lipinski definition) is 0. The van der Waals surface area contributed by atoms with Crippen molar-refractivity contribution < 1.29 is 4.57 Å².